The standard InChI is InChI=1S/C26H26ClFN6/c27-19-15-17(6-7-20(19)28)23-21(31-11-4-14-34-12-1-2-13-34)8-9-22-24(23)25(29)33-26(32-22)18-5-3-10-30-16-18/h3,5-10,15-16,31H,1-2,4,11-14H2,(H2,29,32,33). The van der Waals surface area contributed by atoms with Gasteiger partial charge in [-0.2, -0.15) is 0 Å². The summed E-state index contributed by atoms with van der Waals surface area (Å²) in [7, 11) is 0. The number of hydrogen-bond donors (Lipinski definition) is 2. The van der Waals surface area contributed by atoms with E-state index in [0.29, 0.717) is 22.5 Å². The largest absolute Gasteiger partial charge is 0.384 e. The Morgan fingerprint density at radius 3 is 2.68 bits per heavy atom. The van der Waals surface area contributed by atoms with Crippen molar-refractivity contribution >= 4 is 34.0 Å². The number of benzene rings is 2. The van der Waals surface area contributed by atoms with Gasteiger partial charge in [-0.25, -0.2) is 14.4 Å². The molecular formula is C26H26ClFN6. The van der Waals surface area contributed by atoms with Crippen molar-refractivity contribution in [1.82, 2.24) is 19.9 Å². The molecule has 5 rings (SSSR count). The van der Waals surface area contributed by atoms with Crippen LogP contribution in [0.5, 0.6) is 0 Å². The van der Waals surface area contributed by atoms with E-state index < -0.39 is 5.82 Å². The lowest BCUT2D eigenvalue weighted by Gasteiger charge is -2.18. The first kappa shape index (κ1) is 22.5. The number of aromatic nitrogens is 3. The molecule has 1 aliphatic heterocycles. The van der Waals surface area contributed by atoms with Crippen molar-refractivity contribution in [2.24, 2.45) is 0 Å². The van der Waals surface area contributed by atoms with Gasteiger partial charge in [0.2, 0.25) is 0 Å². The molecular weight excluding hydrogens is 451 g/mol. The zero-order valence-electron chi connectivity index (χ0n) is 18.8. The molecule has 0 atom stereocenters. The number of nitrogens with zero attached hydrogens (tertiary/aromatic N) is 4. The van der Waals surface area contributed by atoms with Crippen molar-refractivity contribution in [2.75, 3.05) is 37.2 Å². The molecule has 0 unspecified atom stereocenters. The number of rotatable bonds is 7. The molecule has 0 aliphatic carbocycles. The summed E-state index contributed by atoms with van der Waals surface area (Å²) in [4.78, 5) is 16.0. The molecule has 1 saturated heterocycles. The van der Waals surface area contributed by atoms with Gasteiger partial charge in [-0.1, -0.05) is 17.7 Å². The third kappa shape index (κ3) is 4.67. The molecule has 0 amide bonds. The minimum absolute atomic E-state index is 0.0564. The molecule has 34 heavy (non-hydrogen) atoms. The lowest BCUT2D eigenvalue weighted by molar-refractivity contribution is 0.337. The smallest absolute Gasteiger partial charge is 0.163 e. The van der Waals surface area contributed by atoms with E-state index in [4.69, 9.17) is 22.3 Å². The van der Waals surface area contributed by atoms with Crippen LogP contribution in [-0.2, 0) is 0 Å². The summed E-state index contributed by atoms with van der Waals surface area (Å²) in [5.41, 5.74) is 10.4. The van der Waals surface area contributed by atoms with E-state index >= 15 is 0 Å². The highest BCUT2D eigenvalue weighted by Crippen LogP contribution is 2.39. The van der Waals surface area contributed by atoms with Crippen molar-refractivity contribution in [2.45, 2.75) is 19.3 Å². The van der Waals surface area contributed by atoms with Gasteiger partial charge in [0.15, 0.2) is 5.82 Å². The van der Waals surface area contributed by atoms with Crippen LogP contribution in [0.1, 0.15) is 19.3 Å². The maximum Gasteiger partial charge on any atom is 0.163 e. The Hall–Kier alpha value is -3.29. The number of halogens is 2. The van der Waals surface area contributed by atoms with Gasteiger partial charge < -0.3 is 16.0 Å². The second kappa shape index (κ2) is 9.91. The third-order valence-corrected chi connectivity index (χ3v) is 6.48. The summed E-state index contributed by atoms with van der Waals surface area (Å²) >= 11 is 6.14. The first-order valence-corrected chi connectivity index (χ1v) is 11.9. The lowest BCUT2D eigenvalue weighted by Crippen LogP contribution is -2.22. The lowest BCUT2D eigenvalue weighted by atomic mass is 9.98. The Labute approximate surface area is 203 Å². The maximum atomic E-state index is 13.9. The van der Waals surface area contributed by atoms with Crippen LogP contribution in [-0.4, -0.2) is 46.0 Å². The molecule has 1 fully saturated rings. The van der Waals surface area contributed by atoms with Gasteiger partial charge in [-0.05, 0) is 80.9 Å². The highest BCUT2D eigenvalue weighted by Gasteiger charge is 2.18. The third-order valence-electron chi connectivity index (χ3n) is 6.19. The van der Waals surface area contributed by atoms with E-state index in [1.807, 2.05) is 24.3 Å². The molecule has 0 radical (unpaired) electrons. The number of fused-ring (bicyclic) bond motifs is 1. The van der Waals surface area contributed by atoms with Gasteiger partial charge in [0.1, 0.15) is 11.6 Å². The highest BCUT2D eigenvalue weighted by atomic mass is 35.5. The molecule has 2 aromatic heterocycles. The van der Waals surface area contributed by atoms with Gasteiger partial charge in [0, 0.05) is 35.8 Å². The molecule has 8 heteroatoms. The van der Waals surface area contributed by atoms with Crippen LogP contribution in [0.15, 0.2) is 54.9 Å². The van der Waals surface area contributed by atoms with E-state index in [2.05, 4.69) is 20.2 Å². The van der Waals surface area contributed by atoms with Crippen molar-refractivity contribution in [3.63, 3.8) is 0 Å². The molecule has 0 spiro atoms. The SMILES string of the molecule is Nc1nc(-c2cccnc2)nc2ccc(NCCCN3CCCC3)c(-c3ccc(F)c(Cl)c3)c12. The fraction of sp³-hybridized carbons (Fsp3) is 0.269. The van der Waals surface area contributed by atoms with Crippen molar-refractivity contribution in [1.29, 1.82) is 0 Å². The molecule has 0 saturated carbocycles. The summed E-state index contributed by atoms with van der Waals surface area (Å²) < 4.78 is 13.9. The number of nitrogen functional groups attached to an aromatic ring is 1. The van der Waals surface area contributed by atoms with Crippen LogP contribution in [0, 0.1) is 5.82 Å². The Morgan fingerprint density at radius 2 is 1.91 bits per heavy atom. The monoisotopic (exact) mass is 476 g/mol. The summed E-state index contributed by atoms with van der Waals surface area (Å²) in [6, 6.07) is 12.4. The Bertz CT molecular complexity index is 1310. The van der Waals surface area contributed by atoms with Gasteiger partial charge in [-0.3, -0.25) is 4.98 Å². The molecule has 3 N–H and O–H groups in total. The normalized spacial score (nSPS) is 14.1. The fourth-order valence-electron chi connectivity index (χ4n) is 4.51. The second-order valence-corrected chi connectivity index (χ2v) is 8.92. The van der Waals surface area contributed by atoms with E-state index in [1.165, 1.54) is 32.0 Å². The van der Waals surface area contributed by atoms with Gasteiger partial charge in [-0.15, -0.1) is 0 Å². The average Bonchev–Trinajstić information content (AvgIpc) is 3.37. The quantitative estimate of drug-likeness (QED) is 0.336. The molecule has 174 valence electrons. The topological polar surface area (TPSA) is 80.0 Å². The number of anilines is 2. The van der Waals surface area contributed by atoms with Crippen LogP contribution in [0.3, 0.4) is 0 Å². The minimum Gasteiger partial charge on any atom is -0.384 e. The Balaban J connectivity index is 1.54. The van der Waals surface area contributed by atoms with Crippen LogP contribution in [0.2, 0.25) is 5.02 Å². The zero-order chi connectivity index (χ0) is 23.5. The van der Waals surface area contributed by atoms with E-state index in [1.54, 1.807) is 24.5 Å². The first-order chi connectivity index (χ1) is 16.6. The number of pyridine rings is 1. The molecule has 3 heterocycles. The first-order valence-electron chi connectivity index (χ1n) is 11.5. The van der Waals surface area contributed by atoms with E-state index in [0.717, 1.165) is 41.9 Å². The Kier molecular flexibility index (Phi) is 6.56. The molecule has 4 aromatic rings. The van der Waals surface area contributed by atoms with Crippen LogP contribution >= 0.6 is 11.6 Å². The molecule has 2 aromatic carbocycles. The van der Waals surface area contributed by atoms with Gasteiger partial charge in [0.25, 0.3) is 0 Å². The second-order valence-electron chi connectivity index (χ2n) is 8.51. The predicted molar refractivity (Wildman–Crippen MR) is 136 cm³/mol. The molecule has 1 aliphatic rings. The Morgan fingerprint density at radius 1 is 1.06 bits per heavy atom. The summed E-state index contributed by atoms with van der Waals surface area (Å²) in [6.07, 6.45) is 7.00. The predicted octanol–water partition coefficient (Wildman–Crippen LogP) is 5.63. The maximum absolute atomic E-state index is 13.9. The van der Waals surface area contributed by atoms with E-state index in [9.17, 15) is 4.39 Å². The van der Waals surface area contributed by atoms with Crippen LogP contribution in [0.25, 0.3) is 33.4 Å². The van der Waals surface area contributed by atoms with Gasteiger partial charge in [0.05, 0.1) is 15.9 Å². The van der Waals surface area contributed by atoms with Crippen LogP contribution in [0.4, 0.5) is 15.9 Å². The fourth-order valence-corrected chi connectivity index (χ4v) is 4.69. The van der Waals surface area contributed by atoms with Crippen LogP contribution < -0.4 is 11.1 Å². The highest BCUT2D eigenvalue weighted by molar-refractivity contribution is 6.31. The summed E-state index contributed by atoms with van der Waals surface area (Å²) in [5.74, 6) is 0.390. The average molecular weight is 477 g/mol. The van der Waals surface area contributed by atoms with E-state index in [-0.39, 0.29) is 5.02 Å². The van der Waals surface area contributed by atoms with Gasteiger partial charge >= 0.3 is 0 Å². The molecule has 6 nitrogen and oxygen atoms in total. The number of hydrogen-bond acceptors (Lipinski definition) is 6. The van der Waals surface area contributed by atoms with Crippen molar-refractivity contribution in [3.8, 4) is 22.5 Å². The number of likely N-dealkylation sites (tertiary alicyclic amines) is 1. The minimum atomic E-state index is -0.464. The number of nitrogens with one attached hydrogen (secondary N) is 1. The summed E-state index contributed by atoms with van der Waals surface area (Å²) in [6.45, 7) is 4.24. The van der Waals surface area contributed by atoms with Crippen molar-refractivity contribution in [3.05, 3.63) is 65.7 Å². The molecule has 0 bridgehead atoms. The van der Waals surface area contributed by atoms with Crippen molar-refractivity contribution < 1.29 is 4.39 Å². The summed E-state index contributed by atoms with van der Waals surface area (Å²) in [5, 5.41) is 4.32. The zero-order valence-corrected chi connectivity index (χ0v) is 19.5. The number of nitrogens with two attached hydrogens (primary N) is 1.